The Bertz CT molecular complexity index is 512. The molecule has 0 spiro atoms. The molecular weight excluding hydrogens is 212 g/mol. The average Bonchev–Trinajstić information content (AvgIpc) is 2.94. The summed E-state index contributed by atoms with van der Waals surface area (Å²) in [5.41, 5.74) is 7.89. The van der Waals surface area contributed by atoms with Crippen LogP contribution in [0, 0.1) is 0 Å². The van der Waals surface area contributed by atoms with Crippen molar-refractivity contribution in [2.24, 2.45) is 0 Å². The van der Waals surface area contributed by atoms with Gasteiger partial charge in [-0.1, -0.05) is 6.07 Å². The average molecular weight is 230 g/mol. The molecule has 3 heteroatoms. The smallest absolute Gasteiger partial charge is 0.0593 e. The van der Waals surface area contributed by atoms with E-state index in [1.165, 1.54) is 23.7 Å². The molecule has 0 amide bonds. The largest absolute Gasteiger partial charge is 0.399 e. The Morgan fingerprint density at radius 2 is 2.29 bits per heavy atom. The quantitative estimate of drug-likeness (QED) is 0.824. The van der Waals surface area contributed by atoms with E-state index in [1.54, 1.807) is 0 Å². The first-order valence-electron chi connectivity index (χ1n) is 6.29. The van der Waals surface area contributed by atoms with Crippen molar-refractivity contribution in [1.29, 1.82) is 0 Å². The first kappa shape index (κ1) is 10.7. The third-order valence-electron chi connectivity index (χ3n) is 3.51. The molecule has 0 radical (unpaired) electrons. The number of benzene rings is 1. The number of fused-ring (bicyclic) bond motifs is 1. The molecule has 0 bridgehead atoms. The lowest BCUT2D eigenvalue weighted by atomic mass is 10.2. The number of aryl methyl sites for hydroxylation is 1. The fourth-order valence-corrected chi connectivity index (χ4v) is 2.55. The highest BCUT2D eigenvalue weighted by Gasteiger charge is 2.15. The summed E-state index contributed by atoms with van der Waals surface area (Å²) in [6.45, 7) is 1.95. The summed E-state index contributed by atoms with van der Waals surface area (Å²) in [4.78, 5) is 0. The number of nitrogen functional groups attached to an aromatic ring is 1. The SMILES string of the molecule is Nc1ccc2ccn(CCC3CCCO3)c2c1. The lowest BCUT2D eigenvalue weighted by Crippen LogP contribution is -2.09. The number of rotatable bonds is 3. The molecule has 1 atom stereocenters. The molecule has 17 heavy (non-hydrogen) atoms. The van der Waals surface area contributed by atoms with Crippen LogP contribution in [0.4, 0.5) is 5.69 Å². The zero-order valence-corrected chi connectivity index (χ0v) is 9.93. The van der Waals surface area contributed by atoms with Crippen LogP contribution >= 0.6 is 0 Å². The second-order valence-corrected chi connectivity index (χ2v) is 4.75. The topological polar surface area (TPSA) is 40.2 Å². The van der Waals surface area contributed by atoms with Gasteiger partial charge in [0.05, 0.1) is 11.6 Å². The number of hydrogen-bond donors (Lipinski definition) is 1. The Morgan fingerprint density at radius 1 is 1.35 bits per heavy atom. The number of nitrogens with two attached hydrogens (primary N) is 1. The molecule has 2 heterocycles. The van der Waals surface area contributed by atoms with E-state index in [-0.39, 0.29) is 0 Å². The second kappa shape index (κ2) is 4.41. The summed E-state index contributed by atoms with van der Waals surface area (Å²) in [6, 6.07) is 8.22. The summed E-state index contributed by atoms with van der Waals surface area (Å²) in [7, 11) is 0. The zero-order chi connectivity index (χ0) is 11.7. The van der Waals surface area contributed by atoms with Gasteiger partial charge in [-0.2, -0.15) is 0 Å². The van der Waals surface area contributed by atoms with Crippen LogP contribution in [0.15, 0.2) is 30.5 Å². The summed E-state index contributed by atoms with van der Waals surface area (Å²) >= 11 is 0. The third kappa shape index (κ3) is 2.15. The van der Waals surface area contributed by atoms with E-state index in [4.69, 9.17) is 10.5 Å². The number of hydrogen-bond acceptors (Lipinski definition) is 2. The van der Waals surface area contributed by atoms with Crippen LogP contribution in [0.3, 0.4) is 0 Å². The van der Waals surface area contributed by atoms with Crippen molar-refractivity contribution in [3.8, 4) is 0 Å². The standard InChI is InChI=1S/C14H18N2O/c15-12-4-3-11-5-7-16(14(11)10-12)8-6-13-2-1-9-17-13/h3-5,7,10,13H,1-2,6,8-9,15H2. The van der Waals surface area contributed by atoms with E-state index >= 15 is 0 Å². The lowest BCUT2D eigenvalue weighted by Gasteiger charge is -2.11. The third-order valence-corrected chi connectivity index (χ3v) is 3.51. The predicted octanol–water partition coefficient (Wildman–Crippen LogP) is 2.79. The normalized spacial score (nSPS) is 20.1. The Hall–Kier alpha value is -1.48. The Labute approximate surface area is 101 Å². The van der Waals surface area contributed by atoms with Gasteiger partial charge >= 0.3 is 0 Å². The molecule has 1 aromatic heterocycles. The van der Waals surface area contributed by atoms with E-state index in [1.807, 2.05) is 12.1 Å². The van der Waals surface area contributed by atoms with Crippen LogP contribution in [0.25, 0.3) is 10.9 Å². The minimum atomic E-state index is 0.452. The summed E-state index contributed by atoms with van der Waals surface area (Å²) in [6.07, 6.45) is 6.11. The number of anilines is 1. The van der Waals surface area contributed by atoms with Crippen LogP contribution < -0.4 is 5.73 Å². The maximum absolute atomic E-state index is 5.83. The molecular formula is C14H18N2O. The maximum atomic E-state index is 5.83. The van der Waals surface area contributed by atoms with Gasteiger partial charge in [0, 0.05) is 25.0 Å². The molecule has 1 aliphatic heterocycles. The second-order valence-electron chi connectivity index (χ2n) is 4.75. The highest BCUT2D eigenvalue weighted by atomic mass is 16.5. The molecule has 1 aliphatic rings. The van der Waals surface area contributed by atoms with Gasteiger partial charge < -0.3 is 15.0 Å². The molecule has 2 N–H and O–H groups in total. The van der Waals surface area contributed by atoms with Gasteiger partial charge in [0.2, 0.25) is 0 Å². The van der Waals surface area contributed by atoms with Crippen molar-refractivity contribution in [1.82, 2.24) is 4.57 Å². The monoisotopic (exact) mass is 230 g/mol. The van der Waals surface area contributed by atoms with Crippen molar-refractivity contribution in [3.05, 3.63) is 30.5 Å². The van der Waals surface area contributed by atoms with Gasteiger partial charge in [0.15, 0.2) is 0 Å². The summed E-state index contributed by atoms with van der Waals surface area (Å²) in [5, 5.41) is 1.26. The Morgan fingerprint density at radius 3 is 3.12 bits per heavy atom. The van der Waals surface area contributed by atoms with Gasteiger partial charge in [0.1, 0.15) is 0 Å². The van der Waals surface area contributed by atoms with E-state index in [9.17, 15) is 0 Å². The van der Waals surface area contributed by atoms with Crippen molar-refractivity contribution in [2.45, 2.75) is 31.9 Å². The molecule has 3 rings (SSSR count). The van der Waals surface area contributed by atoms with Gasteiger partial charge in [-0.3, -0.25) is 0 Å². The highest BCUT2D eigenvalue weighted by Crippen LogP contribution is 2.21. The first-order valence-corrected chi connectivity index (χ1v) is 6.29. The van der Waals surface area contributed by atoms with Crippen LogP contribution in [0.1, 0.15) is 19.3 Å². The molecule has 1 saturated heterocycles. The van der Waals surface area contributed by atoms with Gasteiger partial charge in [-0.15, -0.1) is 0 Å². The molecule has 0 aliphatic carbocycles. The summed E-state index contributed by atoms with van der Waals surface area (Å²) < 4.78 is 7.92. The lowest BCUT2D eigenvalue weighted by molar-refractivity contribution is 0.101. The molecule has 2 aromatic rings. The minimum absolute atomic E-state index is 0.452. The van der Waals surface area contributed by atoms with Crippen LogP contribution in [-0.4, -0.2) is 17.3 Å². The minimum Gasteiger partial charge on any atom is -0.399 e. The van der Waals surface area contributed by atoms with Crippen molar-refractivity contribution in [3.63, 3.8) is 0 Å². The van der Waals surface area contributed by atoms with Crippen molar-refractivity contribution < 1.29 is 4.74 Å². The van der Waals surface area contributed by atoms with Crippen molar-refractivity contribution >= 4 is 16.6 Å². The van der Waals surface area contributed by atoms with Gasteiger partial charge in [-0.25, -0.2) is 0 Å². The van der Waals surface area contributed by atoms with Gasteiger partial charge in [0.25, 0.3) is 0 Å². The van der Waals surface area contributed by atoms with Crippen LogP contribution in [0.5, 0.6) is 0 Å². The Balaban J connectivity index is 1.77. The molecule has 1 fully saturated rings. The number of ether oxygens (including phenoxy) is 1. The molecule has 1 aromatic carbocycles. The number of nitrogens with zero attached hydrogens (tertiary/aromatic N) is 1. The molecule has 3 nitrogen and oxygen atoms in total. The first-order chi connectivity index (χ1) is 8.33. The number of aromatic nitrogens is 1. The highest BCUT2D eigenvalue weighted by molar-refractivity contribution is 5.83. The Kier molecular flexibility index (Phi) is 2.77. The predicted molar refractivity (Wildman–Crippen MR) is 69.9 cm³/mol. The van der Waals surface area contributed by atoms with E-state index in [0.717, 1.165) is 25.3 Å². The molecule has 1 unspecified atom stereocenters. The van der Waals surface area contributed by atoms with E-state index < -0.39 is 0 Å². The van der Waals surface area contributed by atoms with Crippen LogP contribution in [-0.2, 0) is 11.3 Å². The van der Waals surface area contributed by atoms with Crippen molar-refractivity contribution in [2.75, 3.05) is 12.3 Å². The van der Waals surface area contributed by atoms with E-state index in [0.29, 0.717) is 6.10 Å². The fourth-order valence-electron chi connectivity index (χ4n) is 2.55. The fraction of sp³-hybridized carbons (Fsp3) is 0.429. The molecule has 90 valence electrons. The van der Waals surface area contributed by atoms with E-state index in [2.05, 4.69) is 22.9 Å². The maximum Gasteiger partial charge on any atom is 0.0593 e. The van der Waals surface area contributed by atoms with Gasteiger partial charge in [-0.05, 0) is 42.8 Å². The zero-order valence-electron chi connectivity index (χ0n) is 9.93. The van der Waals surface area contributed by atoms with Crippen LogP contribution in [0.2, 0.25) is 0 Å². The summed E-state index contributed by atoms with van der Waals surface area (Å²) in [5.74, 6) is 0. The molecule has 0 saturated carbocycles.